The molecule has 0 fully saturated rings. The van der Waals surface area contributed by atoms with Crippen LogP contribution in [-0.4, -0.2) is 15.0 Å². The van der Waals surface area contributed by atoms with E-state index in [9.17, 15) is 0 Å². The van der Waals surface area contributed by atoms with Crippen molar-refractivity contribution in [3.63, 3.8) is 0 Å². The number of nitrogens with zero attached hydrogens (tertiary/aromatic N) is 4. The van der Waals surface area contributed by atoms with Crippen LogP contribution >= 0.6 is 0 Å². The van der Waals surface area contributed by atoms with Crippen LogP contribution in [0.4, 0.5) is 17.8 Å². The first-order chi connectivity index (χ1) is 5.60. The van der Waals surface area contributed by atoms with E-state index in [0.717, 1.165) is 0 Å². The second-order valence-electron chi connectivity index (χ2n) is 1.63. The molecular weight excluding hydrogens is 158 g/mol. The standard InChI is InChI=1S/C3H6N6.C2H3N/c4-1-7-2(5)9-3(6)8-1;1-2-3/h(H6,4,5,6,7,8,9);1H3. The molecule has 0 unspecified atom stereocenters. The summed E-state index contributed by atoms with van der Waals surface area (Å²) in [5.74, 6) is 0.125. The van der Waals surface area contributed by atoms with Gasteiger partial charge in [0.2, 0.25) is 17.8 Å². The average Bonchev–Trinajstić information content (AvgIpc) is 1.84. The largest absolute Gasteiger partial charge is 0.368 e. The summed E-state index contributed by atoms with van der Waals surface area (Å²) in [4.78, 5) is 10.5. The fourth-order valence-electron chi connectivity index (χ4n) is 0.427. The van der Waals surface area contributed by atoms with Crippen LogP contribution in [0, 0.1) is 11.3 Å². The van der Waals surface area contributed by atoms with Gasteiger partial charge in [0, 0.05) is 6.92 Å². The van der Waals surface area contributed by atoms with Gasteiger partial charge in [-0.1, -0.05) is 0 Å². The molecule has 0 saturated carbocycles. The summed E-state index contributed by atoms with van der Waals surface area (Å²) in [7, 11) is 0. The third kappa shape index (κ3) is 3.84. The summed E-state index contributed by atoms with van der Waals surface area (Å²) < 4.78 is 0. The van der Waals surface area contributed by atoms with Crippen molar-refractivity contribution in [1.29, 1.82) is 5.26 Å². The molecule has 0 aromatic carbocycles. The summed E-state index contributed by atoms with van der Waals surface area (Å²) in [6, 6.07) is 1.75. The topological polar surface area (TPSA) is 141 Å². The van der Waals surface area contributed by atoms with E-state index >= 15 is 0 Å². The van der Waals surface area contributed by atoms with E-state index in [0.29, 0.717) is 0 Å². The number of hydrogen-bond acceptors (Lipinski definition) is 7. The molecule has 0 amide bonds. The highest BCUT2D eigenvalue weighted by atomic mass is 15.2. The molecule has 0 radical (unpaired) electrons. The first kappa shape index (κ1) is 9.90. The second kappa shape index (κ2) is 4.68. The maximum atomic E-state index is 7.32. The number of aromatic nitrogens is 3. The summed E-state index contributed by atoms with van der Waals surface area (Å²) in [6.45, 7) is 1.43. The van der Waals surface area contributed by atoms with Gasteiger partial charge < -0.3 is 17.2 Å². The predicted molar refractivity (Wildman–Crippen MR) is 44.4 cm³/mol. The molecule has 64 valence electrons. The third-order valence-corrected chi connectivity index (χ3v) is 0.687. The molecule has 0 saturated heterocycles. The van der Waals surface area contributed by atoms with Crippen molar-refractivity contribution in [1.82, 2.24) is 15.0 Å². The molecule has 1 rings (SSSR count). The molecule has 0 aliphatic rings. The summed E-state index contributed by atoms with van der Waals surface area (Å²) >= 11 is 0. The average molecular weight is 167 g/mol. The van der Waals surface area contributed by atoms with Crippen molar-refractivity contribution in [2.75, 3.05) is 17.2 Å². The smallest absolute Gasteiger partial charge is 0.226 e. The van der Waals surface area contributed by atoms with Crippen molar-refractivity contribution >= 4 is 17.8 Å². The van der Waals surface area contributed by atoms with Crippen LogP contribution in [0.5, 0.6) is 0 Å². The molecule has 0 spiro atoms. The van der Waals surface area contributed by atoms with E-state index in [1.807, 2.05) is 0 Å². The highest BCUT2D eigenvalue weighted by molar-refractivity contribution is 5.33. The van der Waals surface area contributed by atoms with Gasteiger partial charge in [-0.2, -0.15) is 20.2 Å². The normalized spacial score (nSPS) is 7.67. The number of nitrogen functional groups attached to an aromatic ring is 3. The monoisotopic (exact) mass is 167 g/mol. The van der Waals surface area contributed by atoms with Crippen LogP contribution in [0.25, 0.3) is 0 Å². The van der Waals surface area contributed by atoms with Crippen LogP contribution < -0.4 is 17.2 Å². The van der Waals surface area contributed by atoms with Crippen molar-refractivity contribution in [2.24, 2.45) is 0 Å². The fraction of sp³-hybridized carbons (Fsp3) is 0.200. The zero-order valence-corrected chi connectivity index (χ0v) is 6.52. The van der Waals surface area contributed by atoms with Gasteiger partial charge in [0.1, 0.15) is 0 Å². The summed E-state index contributed by atoms with van der Waals surface area (Å²) in [6.07, 6.45) is 0. The zero-order valence-electron chi connectivity index (χ0n) is 6.52. The molecular formula is C5H9N7. The Labute approximate surface area is 69.2 Å². The molecule has 0 atom stereocenters. The van der Waals surface area contributed by atoms with Crippen molar-refractivity contribution in [2.45, 2.75) is 6.92 Å². The van der Waals surface area contributed by atoms with E-state index in [-0.39, 0.29) is 17.8 Å². The highest BCUT2D eigenvalue weighted by Gasteiger charge is 1.93. The lowest BCUT2D eigenvalue weighted by molar-refractivity contribution is 1.09. The Morgan fingerprint density at radius 1 is 1.00 bits per heavy atom. The number of hydrogen-bond donors (Lipinski definition) is 3. The Morgan fingerprint density at radius 3 is 1.33 bits per heavy atom. The maximum Gasteiger partial charge on any atom is 0.226 e. The van der Waals surface area contributed by atoms with Gasteiger partial charge in [-0.25, -0.2) is 0 Å². The minimum absolute atomic E-state index is 0.0417. The first-order valence-electron chi connectivity index (χ1n) is 2.93. The quantitative estimate of drug-likeness (QED) is 0.456. The summed E-state index contributed by atoms with van der Waals surface area (Å²) in [5, 5.41) is 7.32. The Kier molecular flexibility index (Phi) is 3.86. The van der Waals surface area contributed by atoms with Gasteiger partial charge in [0.15, 0.2) is 0 Å². The van der Waals surface area contributed by atoms with E-state index in [1.54, 1.807) is 6.07 Å². The van der Waals surface area contributed by atoms with Gasteiger partial charge in [-0.05, 0) is 0 Å². The van der Waals surface area contributed by atoms with Crippen LogP contribution in [0.1, 0.15) is 6.92 Å². The van der Waals surface area contributed by atoms with E-state index in [4.69, 9.17) is 22.5 Å². The molecule has 0 bridgehead atoms. The van der Waals surface area contributed by atoms with Gasteiger partial charge in [0.25, 0.3) is 0 Å². The number of anilines is 3. The van der Waals surface area contributed by atoms with E-state index in [2.05, 4.69) is 15.0 Å². The minimum atomic E-state index is 0.0417. The molecule has 0 aliphatic heterocycles. The lowest BCUT2D eigenvalue weighted by Crippen LogP contribution is -2.05. The molecule has 1 aromatic heterocycles. The Balaban J connectivity index is 0.000000354. The molecule has 1 heterocycles. The van der Waals surface area contributed by atoms with Crippen molar-refractivity contribution in [3.05, 3.63) is 0 Å². The first-order valence-corrected chi connectivity index (χ1v) is 2.93. The molecule has 6 N–H and O–H groups in total. The minimum Gasteiger partial charge on any atom is -0.368 e. The molecule has 1 aromatic rings. The van der Waals surface area contributed by atoms with Gasteiger partial charge in [-0.3, -0.25) is 0 Å². The van der Waals surface area contributed by atoms with E-state index < -0.39 is 0 Å². The molecule has 7 nitrogen and oxygen atoms in total. The lowest BCUT2D eigenvalue weighted by atomic mass is 10.9. The Hall–Kier alpha value is -2.10. The zero-order chi connectivity index (χ0) is 9.56. The van der Waals surface area contributed by atoms with Gasteiger partial charge >= 0.3 is 0 Å². The van der Waals surface area contributed by atoms with Crippen LogP contribution in [0.3, 0.4) is 0 Å². The fourth-order valence-corrected chi connectivity index (χ4v) is 0.427. The Bertz CT molecular complexity index is 238. The highest BCUT2D eigenvalue weighted by Crippen LogP contribution is 1.97. The number of nitrogens with two attached hydrogens (primary N) is 3. The maximum absolute atomic E-state index is 7.32. The van der Waals surface area contributed by atoms with Crippen molar-refractivity contribution < 1.29 is 0 Å². The summed E-state index contributed by atoms with van der Waals surface area (Å²) in [5.41, 5.74) is 15.4. The second-order valence-corrected chi connectivity index (χ2v) is 1.63. The molecule has 7 heteroatoms. The number of nitriles is 1. The van der Waals surface area contributed by atoms with E-state index in [1.165, 1.54) is 6.92 Å². The number of rotatable bonds is 0. The molecule has 0 aliphatic carbocycles. The Morgan fingerprint density at radius 2 is 1.17 bits per heavy atom. The van der Waals surface area contributed by atoms with Crippen LogP contribution in [0.15, 0.2) is 0 Å². The predicted octanol–water partition coefficient (Wildman–Crippen LogP) is -0.852. The SMILES string of the molecule is CC#N.Nc1nc(N)nc(N)n1. The van der Waals surface area contributed by atoms with Gasteiger partial charge in [-0.15, -0.1) is 0 Å². The van der Waals surface area contributed by atoms with Crippen LogP contribution in [-0.2, 0) is 0 Å². The third-order valence-electron chi connectivity index (χ3n) is 0.687. The van der Waals surface area contributed by atoms with Crippen molar-refractivity contribution in [3.8, 4) is 6.07 Å². The van der Waals surface area contributed by atoms with Gasteiger partial charge in [0.05, 0.1) is 6.07 Å². The molecule has 12 heavy (non-hydrogen) atoms. The lowest BCUT2D eigenvalue weighted by Gasteiger charge is -1.93. The van der Waals surface area contributed by atoms with Crippen LogP contribution in [0.2, 0.25) is 0 Å².